The van der Waals surface area contributed by atoms with Gasteiger partial charge in [-0.05, 0) is 42.1 Å². The molecule has 0 radical (unpaired) electrons. The lowest BCUT2D eigenvalue weighted by molar-refractivity contribution is 0.0667. The molecule has 0 spiro atoms. The molecule has 1 amide bonds. The molecular formula is C26H33B2N3O4. The minimum atomic E-state index is -0.872. The van der Waals surface area contributed by atoms with E-state index >= 15 is 0 Å². The molecule has 2 atom stereocenters. The van der Waals surface area contributed by atoms with Gasteiger partial charge in [0, 0.05) is 13.1 Å². The number of hydrazine groups is 1. The van der Waals surface area contributed by atoms with Gasteiger partial charge in [0.2, 0.25) is 7.85 Å². The molecule has 3 aromatic rings. The summed E-state index contributed by atoms with van der Waals surface area (Å²) in [5, 5.41) is 28.5. The molecule has 0 unspecified atom stereocenters. The van der Waals surface area contributed by atoms with Crippen LogP contribution >= 0.6 is 0 Å². The molecule has 35 heavy (non-hydrogen) atoms. The highest BCUT2D eigenvalue weighted by molar-refractivity contribution is 6.57. The molecular weight excluding hydrogens is 440 g/mol. The van der Waals surface area contributed by atoms with Crippen molar-refractivity contribution < 1.29 is 19.7 Å². The first-order valence-electron chi connectivity index (χ1n) is 11.8. The number of carbonyl (C=O) groups is 1. The average molecular weight is 473 g/mol. The van der Waals surface area contributed by atoms with E-state index < -0.39 is 19.2 Å². The standard InChI is InChI=1S/C26H33B2N3O4/c1-28(34)30-31(17-21-8-4-2-5-9-21)18-25(32)24(29-26(27)33)16-20-12-14-23(15-13-20)35-19-22-10-6-3-7-11-22/h2-15,24-25,30,32,34H,16-19,27H2,1H3,(H,29,33)/t24-,25-/m1/s1. The molecule has 9 heteroatoms. The minimum absolute atomic E-state index is 0.211. The first kappa shape index (κ1) is 26.5. The molecule has 0 aliphatic rings. The molecule has 7 nitrogen and oxygen atoms in total. The number of carbonyl (C=O) groups excluding carboxylic acids is 1. The Kier molecular flexibility index (Phi) is 10.4. The van der Waals surface area contributed by atoms with E-state index in [4.69, 9.17) is 4.74 Å². The molecule has 3 rings (SSSR count). The van der Waals surface area contributed by atoms with Gasteiger partial charge in [0.25, 0.3) is 0 Å². The van der Waals surface area contributed by atoms with Crippen LogP contribution < -0.4 is 15.4 Å². The van der Waals surface area contributed by atoms with Gasteiger partial charge in [0.1, 0.15) is 12.4 Å². The molecule has 0 heterocycles. The molecule has 0 aliphatic carbocycles. The molecule has 182 valence electrons. The van der Waals surface area contributed by atoms with Crippen molar-refractivity contribution in [2.24, 2.45) is 0 Å². The summed E-state index contributed by atoms with van der Waals surface area (Å²) in [5.41, 5.74) is 3.10. The van der Waals surface area contributed by atoms with Gasteiger partial charge in [0.15, 0.2) is 5.81 Å². The number of aliphatic hydroxyl groups excluding tert-OH is 1. The second kappa shape index (κ2) is 13.7. The molecule has 4 N–H and O–H groups in total. The van der Waals surface area contributed by atoms with Crippen LogP contribution in [0.5, 0.6) is 5.75 Å². The highest BCUT2D eigenvalue weighted by Crippen LogP contribution is 2.16. The Bertz CT molecular complexity index is 1020. The van der Waals surface area contributed by atoms with Gasteiger partial charge in [-0.1, -0.05) is 72.8 Å². The number of nitrogens with one attached hydrogen (secondary N) is 2. The summed E-state index contributed by atoms with van der Waals surface area (Å²) in [6, 6.07) is 26.9. The number of benzene rings is 3. The van der Waals surface area contributed by atoms with E-state index in [-0.39, 0.29) is 12.4 Å². The van der Waals surface area contributed by atoms with Crippen LogP contribution in [0.2, 0.25) is 6.82 Å². The quantitative estimate of drug-likeness (QED) is 0.224. The molecule has 3 aromatic carbocycles. The zero-order valence-electron chi connectivity index (χ0n) is 20.3. The van der Waals surface area contributed by atoms with E-state index in [1.54, 1.807) is 11.8 Å². The highest BCUT2D eigenvalue weighted by Gasteiger charge is 2.24. The zero-order chi connectivity index (χ0) is 25.0. The fraction of sp³-hybridized carbons (Fsp3) is 0.269. The third-order valence-electron chi connectivity index (χ3n) is 5.47. The first-order chi connectivity index (χ1) is 16.9. The van der Waals surface area contributed by atoms with Crippen molar-refractivity contribution in [2.75, 3.05) is 6.54 Å². The van der Waals surface area contributed by atoms with Gasteiger partial charge in [-0.25, -0.2) is 5.01 Å². The Morgan fingerprint density at radius 3 is 2.14 bits per heavy atom. The Balaban J connectivity index is 1.62. The third-order valence-corrected chi connectivity index (χ3v) is 5.47. The summed E-state index contributed by atoms with van der Waals surface area (Å²) < 4.78 is 5.85. The molecule has 0 aliphatic heterocycles. The fourth-order valence-corrected chi connectivity index (χ4v) is 3.84. The van der Waals surface area contributed by atoms with Crippen molar-refractivity contribution in [3.8, 4) is 5.75 Å². The summed E-state index contributed by atoms with van der Waals surface area (Å²) >= 11 is 0. The molecule has 0 bridgehead atoms. The Hall–Kier alpha value is -3.10. The maximum absolute atomic E-state index is 11.9. The van der Waals surface area contributed by atoms with Crippen molar-refractivity contribution in [2.45, 2.75) is 38.5 Å². The van der Waals surface area contributed by atoms with Crippen LogP contribution in [0, 0.1) is 0 Å². The van der Waals surface area contributed by atoms with E-state index in [0.717, 1.165) is 22.4 Å². The second-order valence-corrected chi connectivity index (χ2v) is 8.67. The molecule has 0 saturated carbocycles. The van der Waals surface area contributed by atoms with Gasteiger partial charge in [0.05, 0.1) is 12.1 Å². The zero-order valence-corrected chi connectivity index (χ0v) is 20.3. The van der Waals surface area contributed by atoms with Gasteiger partial charge in [-0.2, -0.15) is 0 Å². The predicted octanol–water partition coefficient (Wildman–Crippen LogP) is 2.00. The van der Waals surface area contributed by atoms with Crippen LogP contribution in [-0.2, 0) is 19.6 Å². The summed E-state index contributed by atoms with van der Waals surface area (Å²) in [6.07, 6.45) is -0.420. The van der Waals surface area contributed by atoms with Crippen molar-refractivity contribution in [1.82, 2.24) is 15.7 Å². The maximum atomic E-state index is 11.9. The number of nitrogens with zero attached hydrogens (tertiary/aromatic N) is 1. The van der Waals surface area contributed by atoms with Gasteiger partial charge < -0.3 is 20.2 Å². The average Bonchev–Trinajstić information content (AvgIpc) is 2.84. The van der Waals surface area contributed by atoms with Crippen molar-refractivity contribution in [3.05, 3.63) is 102 Å². The fourth-order valence-electron chi connectivity index (χ4n) is 3.84. The largest absolute Gasteiger partial charge is 0.489 e. The number of rotatable bonds is 13. The molecule has 0 aromatic heterocycles. The van der Waals surface area contributed by atoms with Gasteiger partial charge in [-0.3, -0.25) is 10.1 Å². The van der Waals surface area contributed by atoms with Crippen LogP contribution in [0.3, 0.4) is 0 Å². The Labute approximate surface area is 208 Å². The summed E-state index contributed by atoms with van der Waals surface area (Å²) in [5.74, 6) is 0.541. The molecule has 0 saturated heterocycles. The van der Waals surface area contributed by atoms with Gasteiger partial charge in [-0.15, -0.1) is 0 Å². The van der Waals surface area contributed by atoms with E-state index in [2.05, 4.69) is 10.7 Å². The van der Waals surface area contributed by atoms with Crippen molar-refractivity contribution >= 4 is 20.7 Å². The number of hydrogen-bond donors (Lipinski definition) is 4. The van der Waals surface area contributed by atoms with E-state index in [0.29, 0.717) is 19.6 Å². The number of aliphatic hydroxyl groups is 1. The van der Waals surface area contributed by atoms with E-state index in [9.17, 15) is 14.9 Å². The first-order valence-corrected chi connectivity index (χ1v) is 11.8. The normalized spacial score (nSPS) is 12.7. The summed E-state index contributed by atoms with van der Waals surface area (Å²) in [6.45, 7) is 2.81. The predicted molar refractivity (Wildman–Crippen MR) is 142 cm³/mol. The Morgan fingerprint density at radius 1 is 0.971 bits per heavy atom. The van der Waals surface area contributed by atoms with Crippen LogP contribution in [0.15, 0.2) is 84.9 Å². The second-order valence-electron chi connectivity index (χ2n) is 8.67. The van der Waals surface area contributed by atoms with E-state index in [1.165, 1.54) is 7.85 Å². The smallest absolute Gasteiger partial charge is 0.388 e. The maximum Gasteiger partial charge on any atom is 0.388 e. The van der Waals surface area contributed by atoms with Crippen molar-refractivity contribution in [1.29, 1.82) is 0 Å². The van der Waals surface area contributed by atoms with Crippen molar-refractivity contribution in [3.63, 3.8) is 0 Å². The van der Waals surface area contributed by atoms with E-state index in [1.807, 2.05) is 84.9 Å². The van der Waals surface area contributed by atoms with Crippen LogP contribution in [0.25, 0.3) is 0 Å². The molecule has 0 fully saturated rings. The van der Waals surface area contributed by atoms with Crippen LogP contribution in [0.4, 0.5) is 4.79 Å². The number of ether oxygens (including phenoxy) is 1. The number of hydrogen-bond acceptors (Lipinski definition) is 6. The minimum Gasteiger partial charge on any atom is -0.489 e. The lowest BCUT2D eigenvalue weighted by Crippen LogP contribution is -2.54. The number of amides is 1. The van der Waals surface area contributed by atoms with Gasteiger partial charge >= 0.3 is 7.05 Å². The Morgan fingerprint density at radius 2 is 1.57 bits per heavy atom. The monoisotopic (exact) mass is 473 g/mol. The van der Waals surface area contributed by atoms with Crippen LogP contribution in [-0.4, -0.2) is 54.5 Å². The SMILES string of the molecule is BC(=O)N[C@H](Cc1ccc(OCc2ccccc2)cc1)[C@H](O)CN(Cc1ccccc1)NB(C)O. The summed E-state index contributed by atoms with van der Waals surface area (Å²) in [7, 11) is 0.657. The van der Waals surface area contributed by atoms with Crippen LogP contribution in [0.1, 0.15) is 16.7 Å². The summed E-state index contributed by atoms with van der Waals surface area (Å²) in [4.78, 5) is 11.9. The lowest BCUT2D eigenvalue weighted by atomic mass is 9.90. The lowest BCUT2D eigenvalue weighted by Gasteiger charge is -2.31. The third kappa shape index (κ3) is 9.58. The topological polar surface area (TPSA) is 94.1 Å². The highest BCUT2D eigenvalue weighted by atomic mass is 16.5.